The van der Waals surface area contributed by atoms with Gasteiger partial charge in [0.15, 0.2) is 0 Å². The molecule has 1 aliphatic carbocycles. The lowest BCUT2D eigenvalue weighted by Gasteiger charge is -2.26. The Bertz CT molecular complexity index is 411. The van der Waals surface area contributed by atoms with E-state index in [4.69, 9.17) is 5.11 Å². The van der Waals surface area contributed by atoms with E-state index in [1.165, 1.54) is 12.1 Å². The Morgan fingerprint density at radius 1 is 1.21 bits per heavy atom. The molecule has 0 unspecified atom stereocenters. The van der Waals surface area contributed by atoms with Crippen molar-refractivity contribution in [1.82, 2.24) is 5.32 Å². The van der Waals surface area contributed by atoms with E-state index in [9.17, 15) is 9.18 Å². The van der Waals surface area contributed by atoms with Gasteiger partial charge in [-0.25, -0.2) is 4.39 Å². The van der Waals surface area contributed by atoms with Crippen LogP contribution in [0.1, 0.15) is 31.2 Å². The molecule has 1 saturated carbocycles. The molecule has 1 amide bonds. The zero-order chi connectivity index (χ0) is 13.7. The summed E-state index contributed by atoms with van der Waals surface area (Å²) < 4.78 is 12.7. The Balaban J connectivity index is 1.77. The fourth-order valence-electron chi connectivity index (χ4n) is 2.54. The van der Waals surface area contributed by atoms with Crippen molar-refractivity contribution in [3.8, 4) is 0 Å². The number of benzene rings is 1. The fraction of sp³-hybridized carbons (Fsp3) is 0.533. The fourth-order valence-corrected chi connectivity index (χ4v) is 2.54. The molecule has 19 heavy (non-hydrogen) atoms. The molecule has 0 atom stereocenters. The summed E-state index contributed by atoms with van der Waals surface area (Å²) in [5.74, 6) is 0.225. The predicted molar refractivity (Wildman–Crippen MR) is 70.8 cm³/mol. The molecule has 0 radical (unpaired) electrons. The van der Waals surface area contributed by atoms with Gasteiger partial charge in [-0.15, -0.1) is 0 Å². The molecule has 0 saturated heterocycles. The number of carbonyl (C=O) groups is 1. The number of hydrogen-bond acceptors (Lipinski definition) is 2. The number of aliphatic hydroxyl groups is 1. The van der Waals surface area contributed by atoms with Crippen molar-refractivity contribution in [1.29, 1.82) is 0 Å². The van der Waals surface area contributed by atoms with E-state index >= 15 is 0 Å². The number of aliphatic hydroxyl groups excluding tert-OH is 1. The highest BCUT2D eigenvalue weighted by Gasteiger charge is 2.25. The second-order valence-corrected chi connectivity index (χ2v) is 5.24. The van der Waals surface area contributed by atoms with E-state index < -0.39 is 0 Å². The van der Waals surface area contributed by atoms with E-state index in [1.54, 1.807) is 12.1 Å². The number of hydrogen-bond donors (Lipinski definition) is 2. The van der Waals surface area contributed by atoms with Gasteiger partial charge < -0.3 is 10.4 Å². The highest BCUT2D eigenvalue weighted by atomic mass is 19.1. The molecule has 1 fully saturated rings. The molecule has 2 N–H and O–H groups in total. The first-order chi connectivity index (χ1) is 9.19. The molecular weight excluding hydrogens is 245 g/mol. The molecule has 0 spiro atoms. The number of halogens is 1. The number of nitrogens with one attached hydrogen (secondary N) is 1. The lowest BCUT2D eigenvalue weighted by molar-refractivity contribution is -0.126. The SMILES string of the molecule is O=C(NCc1ccc(F)cc1)C1CCC(CO)CC1. The van der Waals surface area contributed by atoms with Crippen LogP contribution in [0.25, 0.3) is 0 Å². The minimum absolute atomic E-state index is 0.0586. The summed E-state index contributed by atoms with van der Waals surface area (Å²) >= 11 is 0. The van der Waals surface area contributed by atoms with Gasteiger partial charge in [-0.1, -0.05) is 12.1 Å². The maximum absolute atomic E-state index is 12.7. The summed E-state index contributed by atoms with van der Waals surface area (Å²) in [5, 5.41) is 12.0. The summed E-state index contributed by atoms with van der Waals surface area (Å²) in [7, 11) is 0. The Morgan fingerprint density at radius 3 is 2.42 bits per heavy atom. The lowest BCUT2D eigenvalue weighted by Crippen LogP contribution is -2.33. The molecule has 0 heterocycles. The maximum atomic E-state index is 12.7. The Kier molecular flexibility index (Phi) is 4.91. The van der Waals surface area contributed by atoms with Gasteiger partial charge in [0.2, 0.25) is 5.91 Å². The van der Waals surface area contributed by atoms with Gasteiger partial charge in [-0.2, -0.15) is 0 Å². The average molecular weight is 265 g/mol. The van der Waals surface area contributed by atoms with Crippen LogP contribution in [0.3, 0.4) is 0 Å². The molecular formula is C15H20FNO2. The summed E-state index contributed by atoms with van der Waals surface area (Å²) in [5.41, 5.74) is 0.902. The van der Waals surface area contributed by atoms with Gasteiger partial charge in [-0.3, -0.25) is 4.79 Å². The van der Waals surface area contributed by atoms with Crippen molar-refractivity contribution < 1.29 is 14.3 Å². The first-order valence-corrected chi connectivity index (χ1v) is 6.82. The van der Waals surface area contributed by atoms with Crippen LogP contribution in [-0.2, 0) is 11.3 Å². The third kappa shape index (κ3) is 4.03. The highest BCUT2D eigenvalue weighted by molar-refractivity contribution is 5.78. The van der Waals surface area contributed by atoms with Crippen LogP contribution in [0.2, 0.25) is 0 Å². The monoisotopic (exact) mass is 265 g/mol. The van der Waals surface area contributed by atoms with Crippen LogP contribution in [0.4, 0.5) is 4.39 Å². The van der Waals surface area contributed by atoms with Crippen molar-refractivity contribution in [2.75, 3.05) is 6.61 Å². The second kappa shape index (κ2) is 6.66. The van der Waals surface area contributed by atoms with E-state index in [0.717, 1.165) is 31.2 Å². The van der Waals surface area contributed by atoms with Crippen molar-refractivity contribution in [2.45, 2.75) is 32.2 Å². The maximum Gasteiger partial charge on any atom is 0.223 e. The normalized spacial score (nSPS) is 23.1. The number of rotatable bonds is 4. The van der Waals surface area contributed by atoms with Crippen LogP contribution in [0, 0.1) is 17.7 Å². The van der Waals surface area contributed by atoms with Crippen LogP contribution in [0.15, 0.2) is 24.3 Å². The Hall–Kier alpha value is -1.42. The van der Waals surface area contributed by atoms with Gasteiger partial charge >= 0.3 is 0 Å². The first-order valence-electron chi connectivity index (χ1n) is 6.82. The molecule has 4 heteroatoms. The smallest absolute Gasteiger partial charge is 0.223 e. The van der Waals surface area contributed by atoms with Gasteiger partial charge in [0, 0.05) is 19.1 Å². The number of amides is 1. The average Bonchev–Trinajstić information content (AvgIpc) is 2.46. The first kappa shape index (κ1) is 14.0. The van der Waals surface area contributed by atoms with Crippen molar-refractivity contribution in [2.24, 2.45) is 11.8 Å². The minimum Gasteiger partial charge on any atom is -0.396 e. The molecule has 104 valence electrons. The standard InChI is InChI=1S/C15H20FNO2/c16-14-7-3-11(4-8-14)9-17-15(19)13-5-1-12(10-18)2-6-13/h3-4,7-8,12-13,18H,1-2,5-6,9-10H2,(H,17,19). The molecule has 0 bridgehead atoms. The van der Waals surface area contributed by atoms with Gasteiger partial charge in [0.25, 0.3) is 0 Å². The molecule has 0 aromatic heterocycles. The Morgan fingerprint density at radius 2 is 1.84 bits per heavy atom. The summed E-state index contributed by atoms with van der Waals surface area (Å²) in [6, 6.07) is 6.15. The second-order valence-electron chi connectivity index (χ2n) is 5.24. The summed E-state index contributed by atoms with van der Waals surface area (Å²) in [6.07, 6.45) is 3.54. The minimum atomic E-state index is -0.266. The predicted octanol–water partition coefficient (Wildman–Crippen LogP) is 2.24. The van der Waals surface area contributed by atoms with Gasteiger partial charge in [0.05, 0.1) is 0 Å². The van der Waals surface area contributed by atoms with Crippen LogP contribution >= 0.6 is 0 Å². The van der Waals surface area contributed by atoms with E-state index in [2.05, 4.69) is 5.32 Å². The number of carbonyl (C=O) groups excluding carboxylic acids is 1. The lowest BCUT2D eigenvalue weighted by atomic mass is 9.82. The van der Waals surface area contributed by atoms with E-state index in [-0.39, 0.29) is 24.2 Å². The van der Waals surface area contributed by atoms with Crippen LogP contribution < -0.4 is 5.32 Å². The highest BCUT2D eigenvalue weighted by Crippen LogP contribution is 2.28. The molecule has 0 aliphatic heterocycles. The van der Waals surface area contributed by atoms with Crippen LogP contribution in [-0.4, -0.2) is 17.6 Å². The molecule has 1 aromatic carbocycles. The zero-order valence-electron chi connectivity index (χ0n) is 10.9. The largest absolute Gasteiger partial charge is 0.396 e. The topological polar surface area (TPSA) is 49.3 Å². The van der Waals surface area contributed by atoms with E-state index in [1.807, 2.05) is 0 Å². The third-order valence-corrected chi connectivity index (χ3v) is 3.86. The third-order valence-electron chi connectivity index (χ3n) is 3.86. The van der Waals surface area contributed by atoms with Crippen molar-refractivity contribution in [3.63, 3.8) is 0 Å². The molecule has 1 aromatic rings. The molecule has 3 nitrogen and oxygen atoms in total. The van der Waals surface area contributed by atoms with E-state index in [0.29, 0.717) is 12.5 Å². The molecule has 2 rings (SSSR count). The van der Waals surface area contributed by atoms with Crippen molar-refractivity contribution in [3.05, 3.63) is 35.6 Å². The Labute approximate surface area is 112 Å². The zero-order valence-corrected chi connectivity index (χ0v) is 10.9. The molecule has 1 aliphatic rings. The van der Waals surface area contributed by atoms with Gasteiger partial charge in [0.1, 0.15) is 5.82 Å². The summed E-state index contributed by atoms with van der Waals surface area (Å²) in [4.78, 5) is 12.0. The van der Waals surface area contributed by atoms with Gasteiger partial charge in [-0.05, 0) is 49.3 Å². The quantitative estimate of drug-likeness (QED) is 0.877. The van der Waals surface area contributed by atoms with Crippen LogP contribution in [0.5, 0.6) is 0 Å². The summed E-state index contributed by atoms with van der Waals surface area (Å²) in [6.45, 7) is 0.670. The van der Waals surface area contributed by atoms with Crippen molar-refractivity contribution >= 4 is 5.91 Å².